The van der Waals surface area contributed by atoms with Crippen molar-refractivity contribution in [3.8, 4) is 0 Å². The Kier molecular flexibility index (Phi) is 27.8. The smallest absolute Gasteiger partial charge is 0.352 e. The van der Waals surface area contributed by atoms with Gasteiger partial charge in [0, 0.05) is 152 Å². The Hall–Kier alpha value is -4.23. The molecule has 3 amide bonds. The SMILES string of the molecule is C.CNc1cc(C(=O)Nc2cc(C(=O)NCCN3CCOCC3)n(C)c2)n(COC)c1.COCn1cc(C)cc1C(=O)O.Cl.Cn1cc(N)cc1C(=O)NCCN1CCOCC1.[3H][B].[U]. The van der Waals surface area contributed by atoms with Gasteiger partial charge in [0.15, 0.2) is 0 Å². The number of carbonyl (C=O) groups excluding carboxylic acids is 3. The Morgan fingerprint density at radius 2 is 1.20 bits per heavy atom. The molecule has 4 aromatic heterocycles. The van der Waals surface area contributed by atoms with Gasteiger partial charge in [-0.1, -0.05) is 7.43 Å². The molecule has 354 valence electrons. The Morgan fingerprint density at radius 3 is 1.66 bits per heavy atom. The third-order valence-electron chi connectivity index (χ3n) is 9.60. The topological polar surface area (TPSA) is 226 Å². The number of carboxylic acid groups (broad SMARTS) is 1. The van der Waals surface area contributed by atoms with E-state index in [1.165, 1.54) is 7.11 Å². The molecule has 0 aliphatic carbocycles. The first kappa shape index (κ1) is 57.8. The quantitative estimate of drug-likeness (QED) is 0.0885. The molecule has 23 heteroatoms. The van der Waals surface area contributed by atoms with Gasteiger partial charge >= 0.3 is 5.97 Å². The first-order valence-corrected chi connectivity index (χ1v) is 19.7. The maximum Gasteiger partial charge on any atom is 0.352 e. The summed E-state index contributed by atoms with van der Waals surface area (Å²) in [6.45, 7) is 11.9. The van der Waals surface area contributed by atoms with Gasteiger partial charge in [0.2, 0.25) is 0 Å². The van der Waals surface area contributed by atoms with E-state index in [0.717, 1.165) is 76.9 Å². The number of halogens is 1. The van der Waals surface area contributed by atoms with Gasteiger partial charge in [-0.2, -0.15) is 0 Å². The van der Waals surface area contributed by atoms with Gasteiger partial charge in [-0.3, -0.25) is 24.2 Å². The van der Waals surface area contributed by atoms with Crippen LogP contribution in [-0.2, 0) is 46.5 Å². The number of hydrogen-bond donors (Lipinski definition) is 6. The maximum absolute atomic E-state index is 12.7. The number of aromatic carboxylic acids is 1. The Balaban J connectivity index is 0.000000999. The molecular weight excluding hydrogens is 1070 g/mol. The molecule has 0 unspecified atom stereocenters. The molecule has 2 radical (unpaired) electrons. The van der Waals surface area contributed by atoms with Crippen molar-refractivity contribution in [1.82, 2.24) is 38.7 Å². The van der Waals surface area contributed by atoms with E-state index >= 15 is 0 Å². The van der Waals surface area contributed by atoms with Crippen LogP contribution in [-0.4, -0.2) is 167 Å². The summed E-state index contributed by atoms with van der Waals surface area (Å²) in [6.07, 6.45) is 7.00. The third kappa shape index (κ3) is 18.7. The van der Waals surface area contributed by atoms with Crippen LogP contribution in [0.5, 0.6) is 0 Å². The van der Waals surface area contributed by atoms with Gasteiger partial charge < -0.3 is 69.3 Å². The van der Waals surface area contributed by atoms with E-state index < -0.39 is 5.97 Å². The summed E-state index contributed by atoms with van der Waals surface area (Å²) in [7, 11) is 12.2. The molecule has 0 saturated carbocycles. The summed E-state index contributed by atoms with van der Waals surface area (Å²) >= 11 is 0. The second-order valence-corrected chi connectivity index (χ2v) is 14.2. The van der Waals surface area contributed by atoms with Crippen molar-refractivity contribution in [2.45, 2.75) is 27.8 Å². The molecule has 20 nitrogen and oxygen atoms in total. The molecule has 2 saturated heterocycles. The van der Waals surface area contributed by atoms with Crippen LogP contribution in [0.25, 0.3) is 0 Å². The van der Waals surface area contributed by atoms with Crippen molar-refractivity contribution >= 4 is 61.5 Å². The van der Waals surface area contributed by atoms with E-state index in [2.05, 4.69) is 39.4 Å². The summed E-state index contributed by atoms with van der Waals surface area (Å²) in [6, 6.07) is 6.71. The van der Waals surface area contributed by atoms with Gasteiger partial charge in [-0.15, -0.1) is 12.4 Å². The number of hydrogen-bond acceptors (Lipinski definition) is 12. The number of nitrogens with two attached hydrogens (primary N) is 1. The number of methoxy groups -OCH3 is 2. The van der Waals surface area contributed by atoms with Crippen molar-refractivity contribution in [2.24, 2.45) is 14.1 Å². The molecular formula is C41H67BClN11O9U. The Labute approximate surface area is 409 Å². The van der Waals surface area contributed by atoms with Crippen LogP contribution in [0.4, 0.5) is 17.1 Å². The van der Waals surface area contributed by atoms with Crippen molar-refractivity contribution in [2.75, 3.05) is 116 Å². The number of nitrogen functional groups attached to an aromatic ring is 1. The van der Waals surface area contributed by atoms with Crippen LogP contribution < -0.4 is 27.0 Å². The first-order chi connectivity index (χ1) is 29.8. The average Bonchev–Trinajstić information content (AvgIpc) is 4.04. The van der Waals surface area contributed by atoms with Crippen molar-refractivity contribution < 1.29 is 74.3 Å². The fourth-order valence-corrected chi connectivity index (χ4v) is 6.52. The number of amides is 3. The number of aryl methyl sites for hydroxylation is 3. The minimum atomic E-state index is -0.930. The van der Waals surface area contributed by atoms with Gasteiger partial charge in [0.05, 0.1) is 43.5 Å². The zero-order valence-electron chi connectivity index (χ0n) is 38.0. The summed E-state index contributed by atoms with van der Waals surface area (Å²) in [4.78, 5) is 52.3. The van der Waals surface area contributed by atoms with Gasteiger partial charge in [0.25, 0.3) is 17.7 Å². The zero-order valence-corrected chi connectivity index (χ0v) is 42.0. The molecule has 2 fully saturated rings. The Bertz CT molecular complexity index is 2020. The predicted octanol–water partition coefficient (Wildman–Crippen LogP) is 1.96. The van der Waals surface area contributed by atoms with Crippen molar-refractivity contribution in [1.29, 1.82) is 1.34 Å². The number of morpholine rings is 2. The molecule has 2 aliphatic heterocycles. The summed E-state index contributed by atoms with van der Waals surface area (Å²) in [5, 5.41) is 20.4. The van der Waals surface area contributed by atoms with E-state index in [-0.39, 0.29) is 87.8 Å². The fraction of sp³-hybridized carbons (Fsp3) is 0.512. The van der Waals surface area contributed by atoms with Crippen molar-refractivity contribution in [3.63, 3.8) is 0 Å². The number of aromatic nitrogens is 4. The van der Waals surface area contributed by atoms with Gasteiger partial charge in [-0.25, -0.2) is 4.79 Å². The van der Waals surface area contributed by atoms with E-state index in [1.54, 1.807) is 88.5 Å². The number of ether oxygens (including phenoxy) is 4. The normalized spacial score (nSPS) is 13.5. The first-order valence-electron chi connectivity index (χ1n) is 20.2. The monoisotopic (exact) mass is 1140 g/mol. The van der Waals surface area contributed by atoms with Gasteiger partial charge in [-0.05, 0) is 38.1 Å². The van der Waals surface area contributed by atoms with Crippen LogP contribution in [0.3, 0.4) is 0 Å². The fourth-order valence-electron chi connectivity index (χ4n) is 6.52. The molecule has 6 heterocycles. The predicted molar refractivity (Wildman–Crippen MR) is 248 cm³/mol. The molecule has 0 bridgehead atoms. The van der Waals surface area contributed by atoms with E-state index in [0.29, 0.717) is 41.5 Å². The number of nitrogens with zero attached hydrogens (tertiary/aromatic N) is 6. The second kappa shape index (κ2) is 30.8. The standard InChI is InChI=1S/C20H30N6O4.C12H20N4O2.C8H11NO3.CH4.BH.ClH.U/c1-21-15-10-18(26(13-15)14-29-3)20(28)23-16-11-17(24(2)12-16)19(27)22-4-5-25-6-8-30-9-7-25;1-15-9-10(13)8-11(15)12(17)14-2-3-16-4-6-18-7-5-16;1-6-3-7(8(10)11)9(4-6)5-12-2;;;;/h10-13,21H,4-9,14H2,1-3H3,(H,22,27)(H,23,28);8-9H,2-7,13H2,1H3,(H,14,17);3-4H,5H2,1-2H3,(H,10,11);1H4;2*1H;/i;;;;1T;;. The van der Waals surface area contributed by atoms with Crippen molar-refractivity contribution in [3.05, 3.63) is 77.4 Å². The number of carbonyl (C=O) groups is 4. The minimum absolute atomic E-state index is 0. The van der Waals surface area contributed by atoms with Crippen LogP contribution in [0.15, 0.2) is 49.1 Å². The zero-order chi connectivity index (χ0) is 45.6. The molecule has 6 rings (SSSR count). The van der Waals surface area contributed by atoms with Crippen LogP contribution in [0.1, 0.15) is 54.9 Å². The summed E-state index contributed by atoms with van der Waals surface area (Å²) in [5.41, 5.74) is 10.3. The van der Waals surface area contributed by atoms with Crippen LogP contribution >= 0.6 is 12.4 Å². The molecule has 0 atom stereocenters. The van der Waals surface area contributed by atoms with E-state index in [4.69, 9.17) is 31.1 Å². The average molecular weight is 1140 g/mol. The third-order valence-corrected chi connectivity index (χ3v) is 9.60. The van der Waals surface area contributed by atoms with E-state index in [9.17, 15) is 19.2 Å². The maximum atomic E-state index is 12.7. The number of anilines is 3. The largest absolute Gasteiger partial charge is 0.477 e. The summed E-state index contributed by atoms with van der Waals surface area (Å²) in [5.74, 6) is -1.47. The van der Waals surface area contributed by atoms with E-state index in [1.807, 2.05) is 14.0 Å². The summed E-state index contributed by atoms with van der Waals surface area (Å²) < 4.78 is 32.5. The molecule has 2 aliphatic rings. The number of carboxylic acids is 1. The number of rotatable bonds is 16. The number of nitrogens with one attached hydrogen (secondary N) is 4. The molecule has 7 N–H and O–H groups in total. The molecule has 64 heavy (non-hydrogen) atoms. The molecule has 0 spiro atoms. The van der Waals surface area contributed by atoms with Crippen LogP contribution in [0.2, 0.25) is 0 Å². The molecule has 0 aromatic carbocycles. The minimum Gasteiger partial charge on any atom is -0.477 e. The second-order valence-electron chi connectivity index (χ2n) is 14.2. The Morgan fingerprint density at radius 1 is 0.734 bits per heavy atom. The molecule has 4 aromatic rings. The van der Waals surface area contributed by atoms with Gasteiger partial charge in [0.1, 0.15) is 36.2 Å². The van der Waals surface area contributed by atoms with Crippen LogP contribution in [0, 0.1) is 38.0 Å².